The number of likely N-dealkylation sites (N-methyl/N-ethyl adjacent to an activating group) is 1. The van der Waals surface area contributed by atoms with Crippen molar-refractivity contribution in [2.24, 2.45) is 0 Å². The number of methoxy groups -OCH3 is 2. The van der Waals surface area contributed by atoms with Crippen molar-refractivity contribution >= 4 is 12.4 Å². The standard InChI is InChI=1S/C20H25NO2.ClH/c1-4-21-11-10-16-13-19(22-2)20(23-3)14-17(16)18(21)12-15-8-6-5-7-9-15;/h5-9,13-14,18H,4,10-12H2,1-3H3;1H. The Bertz CT molecular complexity index is 660. The molecule has 3 nitrogen and oxygen atoms in total. The normalized spacial score (nSPS) is 16.9. The van der Waals surface area contributed by atoms with Gasteiger partial charge in [-0.3, -0.25) is 4.90 Å². The minimum atomic E-state index is 0. The zero-order chi connectivity index (χ0) is 16.2. The van der Waals surface area contributed by atoms with Crippen LogP contribution in [0.3, 0.4) is 0 Å². The Morgan fingerprint density at radius 2 is 1.71 bits per heavy atom. The zero-order valence-corrected chi connectivity index (χ0v) is 15.4. The fourth-order valence-electron chi connectivity index (χ4n) is 3.54. The summed E-state index contributed by atoms with van der Waals surface area (Å²) in [6.45, 7) is 4.39. The first kappa shape index (κ1) is 18.6. The van der Waals surface area contributed by atoms with Crippen LogP contribution in [-0.2, 0) is 12.8 Å². The Balaban J connectivity index is 0.00000208. The molecule has 1 atom stereocenters. The molecule has 3 rings (SSSR count). The molecule has 1 heterocycles. The van der Waals surface area contributed by atoms with E-state index in [2.05, 4.69) is 54.3 Å². The maximum atomic E-state index is 5.53. The molecular weight excluding hydrogens is 322 g/mol. The van der Waals surface area contributed by atoms with Crippen molar-refractivity contribution < 1.29 is 9.47 Å². The van der Waals surface area contributed by atoms with Gasteiger partial charge >= 0.3 is 0 Å². The van der Waals surface area contributed by atoms with Crippen LogP contribution in [0.4, 0.5) is 0 Å². The molecule has 0 saturated carbocycles. The number of hydrogen-bond donors (Lipinski definition) is 0. The molecule has 0 aliphatic carbocycles. The highest BCUT2D eigenvalue weighted by molar-refractivity contribution is 5.85. The van der Waals surface area contributed by atoms with Gasteiger partial charge in [0.1, 0.15) is 0 Å². The minimum absolute atomic E-state index is 0. The summed E-state index contributed by atoms with van der Waals surface area (Å²) in [6, 6.07) is 15.4. The number of ether oxygens (including phenoxy) is 2. The van der Waals surface area contributed by atoms with Crippen molar-refractivity contribution in [2.45, 2.75) is 25.8 Å². The second kappa shape index (κ2) is 8.41. The van der Waals surface area contributed by atoms with E-state index in [1.54, 1.807) is 14.2 Å². The Kier molecular flexibility index (Phi) is 6.52. The van der Waals surface area contributed by atoms with Crippen LogP contribution in [0, 0.1) is 0 Å². The highest BCUT2D eigenvalue weighted by Gasteiger charge is 2.28. The maximum absolute atomic E-state index is 5.53. The molecule has 1 aliphatic heterocycles. The van der Waals surface area contributed by atoms with E-state index in [1.165, 1.54) is 16.7 Å². The van der Waals surface area contributed by atoms with Crippen molar-refractivity contribution in [3.8, 4) is 11.5 Å². The van der Waals surface area contributed by atoms with Gasteiger partial charge in [0.2, 0.25) is 0 Å². The average Bonchev–Trinajstić information content (AvgIpc) is 2.61. The largest absolute Gasteiger partial charge is 0.493 e. The fourth-order valence-corrected chi connectivity index (χ4v) is 3.54. The summed E-state index contributed by atoms with van der Waals surface area (Å²) in [5.74, 6) is 1.65. The van der Waals surface area contributed by atoms with Crippen molar-refractivity contribution in [1.82, 2.24) is 4.90 Å². The van der Waals surface area contributed by atoms with E-state index in [0.717, 1.165) is 37.4 Å². The first-order valence-electron chi connectivity index (χ1n) is 8.29. The summed E-state index contributed by atoms with van der Waals surface area (Å²) in [5.41, 5.74) is 4.13. The van der Waals surface area contributed by atoms with E-state index < -0.39 is 0 Å². The van der Waals surface area contributed by atoms with Gasteiger partial charge in [-0.25, -0.2) is 0 Å². The lowest BCUT2D eigenvalue weighted by Crippen LogP contribution is -2.36. The zero-order valence-electron chi connectivity index (χ0n) is 14.6. The van der Waals surface area contributed by atoms with E-state index in [9.17, 15) is 0 Å². The van der Waals surface area contributed by atoms with Gasteiger partial charge in [-0.15, -0.1) is 12.4 Å². The summed E-state index contributed by atoms with van der Waals surface area (Å²) in [5, 5.41) is 0. The third-order valence-electron chi connectivity index (χ3n) is 4.79. The van der Waals surface area contributed by atoms with Gasteiger partial charge < -0.3 is 9.47 Å². The van der Waals surface area contributed by atoms with Crippen LogP contribution < -0.4 is 9.47 Å². The third kappa shape index (κ3) is 3.68. The van der Waals surface area contributed by atoms with Crippen LogP contribution in [0.25, 0.3) is 0 Å². The number of hydrogen-bond acceptors (Lipinski definition) is 3. The predicted octanol–water partition coefficient (Wildman–Crippen LogP) is 4.29. The molecular formula is C20H26ClNO2. The molecule has 1 unspecified atom stereocenters. The third-order valence-corrected chi connectivity index (χ3v) is 4.79. The molecule has 0 spiro atoms. The molecule has 0 aromatic heterocycles. The number of benzene rings is 2. The SMILES string of the molecule is CCN1CCc2cc(OC)c(OC)cc2C1Cc1ccccc1.Cl. The first-order chi connectivity index (χ1) is 11.3. The van der Waals surface area contributed by atoms with Crippen LogP contribution >= 0.6 is 12.4 Å². The van der Waals surface area contributed by atoms with E-state index in [4.69, 9.17) is 9.47 Å². The van der Waals surface area contributed by atoms with Crippen molar-refractivity contribution in [1.29, 1.82) is 0 Å². The molecule has 0 radical (unpaired) electrons. The highest BCUT2D eigenvalue weighted by atomic mass is 35.5. The predicted molar refractivity (Wildman–Crippen MR) is 101 cm³/mol. The summed E-state index contributed by atoms with van der Waals surface area (Å²) < 4.78 is 11.0. The lowest BCUT2D eigenvalue weighted by atomic mass is 9.88. The summed E-state index contributed by atoms with van der Waals surface area (Å²) in [6.07, 6.45) is 2.09. The van der Waals surface area contributed by atoms with Gasteiger partial charge in [-0.2, -0.15) is 0 Å². The first-order valence-corrected chi connectivity index (χ1v) is 8.29. The van der Waals surface area contributed by atoms with Gasteiger partial charge in [-0.05, 0) is 48.2 Å². The number of halogens is 1. The molecule has 4 heteroatoms. The van der Waals surface area contributed by atoms with Gasteiger partial charge in [-0.1, -0.05) is 37.3 Å². The van der Waals surface area contributed by atoms with E-state index in [1.807, 2.05) is 0 Å². The molecule has 0 N–H and O–H groups in total. The maximum Gasteiger partial charge on any atom is 0.161 e. The Morgan fingerprint density at radius 1 is 1.04 bits per heavy atom. The van der Waals surface area contributed by atoms with Crippen LogP contribution in [0.5, 0.6) is 11.5 Å². The average molecular weight is 348 g/mol. The summed E-state index contributed by atoms with van der Waals surface area (Å²) in [7, 11) is 3.41. The Labute approximate surface area is 151 Å². The second-order valence-corrected chi connectivity index (χ2v) is 5.99. The second-order valence-electron chi connectivity index (χ2n) is 5.99. The number of rotatable bonds is 5. The number of fused-ring (bicyclic) bond motifs is 1. The van der Waals surface area contributed by atoms with Gasteiger partial charge in [0.15, 0.2) is 11.5 Å². The minimum Gasteiger partial charge on any atom is -0.493 e. The lowest BCUT2D eigenvalue weighted by molar-refractivity contribution is 0.193. The van der Waals surface area contributed by atoms with Gasteiger partial charge in [0.25, 0.3) is 0 Å². The van der Waals surface area contributed by atoms with Gasteiger partial charge in [0.05, 0.1) is 14.2 Å². The van der Waals surface area contributed by atoms with E-state index >= 15 is 0 Å². The molecule has 2 aromatic rings. The monoisotopic (exact) mass is 347 g/mol. The smallest absolute Gasteiger partial charge is 0.161 e. The molecule has 0 amide bonds. The molecule has 24 heavy (non-hydrogen) atoms. The molecule has 1 aliphatic rings. The van der Waals surface area contributed by atoms with Crippen molar-refractivity contribution in [3.05, 3.63) is 59.2 Å². The van der Waals surface area contributed by atoms with E-state index in [0.29, 0.717) is 6.04 Å². The Hall–Kier alpha value is -1.71. The topological polar surface area (TPSA) is 21.7 Å². The van der Waals surface area contributed by atoms with Crippen LogP contribution in [-0.4, -0.2) is 32.2 Å². The van der Waals surface area contributed by atoms with Crippen LogP contribution in [0.15, 0.2) is 42.5 Å². The lowest BCUT2D eigenvalue weighted by Gasteiger charge is -2.37. The highest BCUT2D eigenvalue weighted by Crippen LogP contribution is 2.39. The van der Waals surface area contributed by atoms with Crippen LogP contribution in [0.2, 0.25) is 0 Å². The molecule has 130 valence electrons. The van der Waals surface area contributed by atoms with E-state index in [-0.39, 0.29) is 12.4 Å². The van der Waals surface area contributed by atoms with Crippen molar-refractivity contribution in [2.75, 3.05) is 27.3 Å². The quantitative estimate of drug-likeness (QED) is 0.805. The molecule has 2 aromatic carbocycles. The summed E-state index contributed by atoms with van der Waals surface area (Å²) in [4.78, 5) is 2.56. The molecule has 0 fully saturated rings. The molecule has 0 saturated heterocycles. The number of nitrogens with zero attached hydrogens (tertiary/aromatic N) is 1. The Morgan fingerprint density at radius 3 is 2.33 bits per heavy atom. The van der Waals surface area contributed by atoms with Crippen LogP contribution in [0.1, 0.15) is 29.7 Å². The summed E-state index contributed by atoms with van der Waals surface area (Å²) >= 11 is 0. The van der Waals surface area contributed by atoms with Gasteiger partial charge in [0, 0.05) is 12.6 Å². The molecule has 0 bridgehead atoms. The van der Waals surface area contributed by atoms with Crippen molar-refractivity contribution in [3.63, 3.8) is 0 Å². The fraction of sp³-hybridized carbons (Fsp3) is 0.400.